The van der Waals surface area contributed by atoms with Crippen LogP contribution in [0.1, 0.15) is 12.8 Å². The largest absolute Gasteiger partial charge is 0.335 e. The molecule has 4 rings (SSSR count). The van der Waals surface area contributed by atoms with Gasteiger partial charge < -0.3 is 10.2 Å². The number of nitrogens with zero attached hydrogens (tertiary/aromatic N) is 3. The molecule has 0 saturated carbocycles. The van der Waals surface area contributed by atoms with E-state index in [9.17, 15) is 0 Å². The van der Waals surface area contributed by atoms with E-state index in [1.54, 1.807) is 11.3 Å². The van der Waals surface area contributed by atoms with Crippen LogP contribution in [0.3, 0.4) is 0 Å². The minimum absolute atomic E-state index is 0.565. The maximum atomic E-state index is 4.71. The van der Waals surface area contributed by atoms with Crippen LogP contribution in [0.4, 0.5) is 5.95 Å². The number of anilines is 1. The topological polar surface area (TPSA) is 56.8 Å². The number of hydrogen-bond acceptors (Lipinski definition) is 5. The van der Waals surface area contributed by atoms with Crippen molar-refractivity contribution in [3.8, 4) is 11.4 Å². The minimum Gasteiger partial charge on any atom is -0.335 e. The zero-order chi connectivity index (χ0) is 13.5. The average molecular weight is 401 g/mol. The Morgan fingerprint density at radius 2 is 2.35 bits per heavy atom. The molecule has 2 atom stereocenters. The number of halogens is 1. The molecule has 2 aromatic rings. The highest BCUT2D eigenvalue weighted by Gasteiger charge is 2.36. The lowest BCUT2D eigenvalue weighted by molar-refractivity contribution is 0.381. The second-order valence-corrected chi connectivity index (χ2v) is 8.25. The lowest BCUT2D eigenvalue weighted by atomic mass is 9.92. The molecule has 2 aliphatic rings. The normalized spacial score (nSPS) is 25.9. The van der Waals surface area contributed by atoms with E-state index < -0.39 is 0 Å². The summed E-state index contributed by atoms with van der Waals surface area (Å²) in [6.07, 6.45) is 2.57. The molecule has 2 N–H and O–H groups in total. The molecule has 4 heterocycles. The second-order valence-electron chi connectivity index (χ2n) is 5.44. The Kier molecular flexibility index (Phi) is 3.43. The molecule has 0 aromatic carbocycles. The van der Waals surface area contributed by atoms with Gasteiger partial charge in [0.05, 0.1) is 2.88 Å². The minimum atomic E-state index is 0.565. The molecule has 5 nitrogen and oxygen atoms in total. The van der Waals surface area contributed by atoms with Gasteiger partial charge in [-0.15, -0.1) is 16.4 Å². The first-order valence-electron chi connectivity index (χ1n) is 6.95. The first kappa shape index (κ1) is 13.0. The summed E-state index contributed by atoms with van der Waals surface area (Å²) < 4.78 is 1.27. The summed E-state index contributed by atoms with van der Waals surface area (Å²) in [7, 11) is 0. The number of hydrogen-bond donors (Lipinski definition) is 2. The number of aromatic nitrogens is 3. The number of thiophene rings is 1. The Morgan fingerprint density at radius 3 is 3.20 bits per heavy atom. The molecule has 20 heavy (non-hydrogen) atoms. The van der Waals surface area contributed by atoms with E-state index in [0.29, 0.717) is 6.04 Å². The highest BCUT2D eigenvalue weighted by atomic mass is 127. The van der Waals surface area contributed by atoms with Crippen molar-refractivity contribution in [1.29, 1.82) is 0 Å². The fourth-order valence-corrected chi connectivity index (χ4v) is 4.59. The summed E-state index contributed by atoms with van der Waals surface area (Å²) in [5, 5.41) is 13.2. The third kappa shape index (κ3) is 2.25. The molecule has 2 fully saturated rings. The summed E-state index contributed by atoms with van der Waals surface area (Å²) in [4.78, 5) is 7.09. The van der Waals surface area contributed by atoms with Crippen LogP contribution in [0.15, 0.2) is 11.4 Å². The number of H-pyrrole nitrogens is 1. The van der Waals surface area contributed by atoms with Gasteiger partial charge in [-0.05, 0) is 47.4 Å². The Bertz CT molecular complexity index is 609. The van der Waals surface area contributed by atoms with Gasteiger partial charge in [0.15, 0.2) is 5.82 Å². The van der Waals surface area contributed by atoms with Crippen LogP contribution in [-0.2, 0) is 0 Å². The summed E-state index contributed by atoms with van der Waals surface area (Å²) in [5.41, 5.74) is 1.14. The summed E-state index contributed by atoms with van der Waals surface area (Å²) >= 11 is 4.07. The van der Waals surface area contributed by atoms with Crippen molar-refractivity contribution < 1.29 is 0 Å². The van der Waals surface area contributed by atoms with Gasteiger partial charge in [-0.1, -0.05) is 0 Å². The van der Waals surface area contributed by atoms with Crippen molar-refractivity contribution in [2.75, 3.05) is 24.5 Å². The maximum absolute atomic E-state index is 4.71. The van der Waals surface area contributed by atoms with Crippen LogP contribution in [0.5, 0.6) is 0 Å². The number of rotatable bonds is 2. The van der Waals surface area contributed by atoms with Gasteiger partial charge in [0.1, 0.15) is 0 Å². The van der Waals surface area contributed by atoms with Crippen molar-refractivity contribution in [2.24, 2.45) is 5.92 Å². The lowest BCUT2D eigenvalue weighted by Gasteiger charge is -2.36. The predicted octanol–water partition coefficient (Wildman–Crippen LogP) is 2.33. The maximum Gasteiger partial charge on any atom is 0.245 e. The Labute approximate surface area is 135 Å². The molecule has 0 spiro atoms. The molecule has 2 saturated heterocycles. The standard InChI is InChI=1S/C13H16IN5S/c14-11-4-9(7-20-11)12-16-13(18-17-12)19-3-1-2-8-5-15-6-10(8)19/h4,7-8,10,15H,1-3,5-6H2,(H,16,17,18). The van der Waals surface area contributed by atoms with E-state index in [0.717, 1.165) is 42.9 Å². The van der Waals surface area contributed by atoms with Gasteiger partial charge in [0.2, 0.25) is 5.95 Å². The second kappa shape index (κ2) is 5.27. The molecule has 2 aromatic heterocycles. The fraction of sp³-hybridized carbons (Fsp3) is 0.538. The monoisotopic (exact) mass is 401 g/mol. The van der Waals surface area contributed by atoms with E-state index in [4.69, 9.17) is 4.98 Å². The predicted molar refractivity (Wildman–Crippen MR) is 89.1 cm³/mol. The van der Waals surface area contributed by atoms with Gasteiger partial charge in [-0.2, -0.15) is 4.98 Å². The molecule has 0 amide bonds. The molecule has 2 aliphatic heterocycles. The van der Waals surface area contributed by atoms with Crippen molar-refractivity contribution in [1.82, 2.24) is 20.5 Å². The average Bonchev–Trinajstić information content (AvgIpc) is 3.17. The number of aromatic amines is 1. The summed E-state index contributed by atoms with van der Waals surface area (Å²) in [6, 6.07) is 2.71. The third-order valence-electron chi connectivity index (χ3n) is 4.25. The zero-order valence-electron chi connectivity index (χ0n) is 11.0. The molecule has 2 unspecified atom stereocenters. The van der Waals surface area contributed by atoms with Crippen LogP contribution < -0.4 is 10.2 Å². The smallest absolute Gasteiger partial charge is 0.245 e. The van der Waals surface area contributed by atoms with Crippen LogP contribution in [0, 0.1) is 8.80 Å². The zero-order valence-corrected chi connectivity index (χ0v) is 13.9. The molecular formula is C13H16IN5S. The Hall–Kier alpha value is -0.670. The van der Waals surface area contributed by atoms with E-state index in [1.807, 2.05) is 0 Å². The highest BCUT2D eigenvalue weighted by molar-refractivity contribution is 14.1. The molecule has 0 radical (unpaired) electrons. The number of piperidine rings is 1. The van der Waals surface area contributed by atoms with Crippen LogP contribution >= 0.6 is 33.9 Å². The van der Waals surface area contributed by atoms with E-state index in [2.05, 4.69) is 54.5 Å². The van der Waals surface area contributed by atoms with Crippen molar-refractivity contribution >= 4 is 39.9 Å². The first-order chi connectivity index (χ1) is 9.81. The van der Waals surface area contributed by atoms with Gasteiger partial charge in [-0.25, -0.2) is 0 Å². The molecule has 0 bridgehead atoms. The SMILES string of the molecule is Ic1cc(-c2nc(N3CCCC4CNCC43)n[nH]2)cs1. The van der Waals surface area contributed by atoms with Crippen molar-refractivity contribution in [3.63, 3.8) is 0 Å². The van der Waals surface area contributed by atoms with Gasteiger partial charge in [0, 0.05) is 36.6 Å². The van der Waals surface area contributed by atoms with Gasteiger partial charge >= 0.3 is 0 Å². The Morgan fingerprint density at radius 1 is 1.40 bits per heavy atom. The molecule has 7 heteroatoms. The van der Waals surface area contributed by atoms with Gasteiger partial charge in [-0.3, -0.25) is 5.10 Å². The van der Waals surface area contributed by atoms with Crippen LogP contribution in [-0.4, -0.2) is 40.9 Å². The van der Waals surface area contributed by atoms with Gasteiger partial charge in [0.25, 0.3) is 0 Å². The van der Waals surface area contributed by atoms with Crippen LogP contribution in [0.25, 0.3) is 11.4 Å². The number of fused-ring (bicyclic) bond motifs is 1. The highest BCUT2D eigenvalue weighted by Crippen LogP contribution is 2.30. The molecule has 0 aliphatic carbocycles. The number of nitrogens with one attached hydrogen (secondary N) is 2. The summed E-state index contributed by atoms with van der Waals surface area (Å²) in [5.74, 6) is 2.50. The van der Waals surface area contributed by atoms with Crippen molar-refractivity contribution in [2.45, 2.75) is 18.9 Å². The van der Waals surface area contributed by atoms with Crippen molar-refractivity contribution in [3.05, 3.63) is 14.3 Å². The Balaban J connectivity index is 1.61. The summed E-state index contributed by atoms with van der Waals surface area (Å²) in [6.45, 7) is 3.27. The lowest BCUT2D eigenvalue weighted by Crippen LogP contribution is -2.45. The first-order valence-corrected chi connectivity index (χ1v) is 8.91. The van der Waals surface area contributed by atoms with E-state index in [1.165, 1.54) is 15.7 Å². The molecule has 106 valence electrons. The quantitative estimate of drug-likeness (QED) is 0.759. The third-order valence-corrected chi connectivity index (χ3v) is 6.04. The van der Waals surface area contributed by atoms with Crippen LogP contribution in [0.2, 0.25) is 0 Å². The van der Waals surface area contributed by atoms with E-state index in [-0.39, 0.29) is 0 Å². The fourth-order valence-electron chi connectivity index (χ4n) is 3.26. The molecular weight excluding hydrogens is 385 g/mol. The van der Waals surface area contributed by atoms with E-state index >= 15 is 0 Å².